The van der Waals surface area contributed by atoms with Gasteiger partial charge >= 0.3 is 18.2 Å². The summed E-state index contributed by atoms with van der Waals surface area (Å²) in [5.74, 6) is -3.94. The molecule has 1 heterocycles. The van der Waals surface area contributed by atoms with E-state index in [9.17, 15) is 36.0 Å². The maximum Gasteiger partial charge on any atom is 0.471 e. The Morgan fingerprint density at radius 1 is 1.14 bits per heavy atom. The fourth-order valence-electron chi connectivity index (χ4n) is 3.88. The van der Waals surface area contributed by atoms with Gasteiger partial charge in [0.05, 0.1) is 23.0 Å². The van der Waals surface area contributed by atoms with Gasteiger partial charge in [0.25, 0.3) is 10.0 Å². The zero-order chi connectivity index (χ0) is 28.2. The van der Waals surface area contributed by atoms with Gasteiger partial charge in [-0.3, -0.25) is 9.59 Å². The standard InChI is InChI=1S/C23H32F3N3O7S/c1-14(18(35-5)17-7-6-12-29(17)21(32)36-22(2,3)4)19(30)28-37(33,34)16-10-8-15(9-11-16)13-27-20(31)23(24,25)26/h8-11,14,17-18H,6-7,12-13H2,1-5H3,(H,27,31)(H,28,30)/t14-,17+,18-/m1/s1. The molecule has 3 amide bonds. The predicted octanol–water partition coefficient (Wildman–Crippen LogP) is 2.72. The Hall–Kier alpha value is -2.87. The summed E-state index contributed by atoms with van der Waals surface area (Å²) >= 11 is 0. The third-order valence-electron chi connectivity index (χ3n) is 5.66. The third kappa shape index (κ3) is 8.32. The van der Waals surface area contributed by atoms with Crippen molar-refractivity contribution < 1.29 is 45.4 Å². The summed E-state index contributed by atoms with van der Waals surface area (Å²) in [7, 11) is -2.96. The van der Waals surface area contributed by atoms with Gasteiger partial charge in [-0.25, -0.2) is 17.9 Å². The molecule has 0 aliphatic carbocycles. The van der Waals surface area contributed by atoms with Crippen molar-refractivity contribution in [2.75, 3.05) is 13.7 Å². The summed E-state index contributed by atoms with van der Waals surface area (Å²) in [6.07, 6.45) is -5.21. The summed E-state index contributed by atoms with van der Waals surface area (Å²) in [6, 6.07) is 4.13. The molecule has 1 aliphatic rings. The van der Waals surface area contributed by atoms with E-state index in [0.717, 1.165) is 12.1 Å². The van der Waals surface area contributed by atoms with Crippen LogP contribution in [0.2, 0.25) is 0 Å². The number of hydrogen-bond acceptors (Lipinski definition) is 7. The van der Waals surface area contributed by atoms with Gasteiger partial charge in [0.2, 0.25) is 5.91 Å². The maximum absolute atomic E-state index is 12.9. The number of nitrogens with zero attached hydrogens (tertiary/aromatic N) is 1. The molecular weight excluding hydrogens is 519 g/mol. The Kier molecular flexibility index (Phi) is 9.58. The minimum Gasteiger partial charge on any atom is -0.444 e. The highest BCUT2D eigenvalue weighted by Crippen LogP contribution is 2.28. The van der Waals surface area contributed by atoms with E-state index in [2.05, 4.69) is 0 Å². The second-order valence-electron chi connectivity index (χ2n) is 9.67. The molecule has 1 aromatic carbocycles. The van der Waals surface area contributed by atoms with Gasteiger partial charge in [0.15, 0.2) is 0 Å². The number of benzene rings is 1. The molecule has 2 N–H and O–H groups in total. The number of methoxy groups -OCH3 is 1. The summed E-state index contributed by atoms with van der Waals surface area (Å²) in [6.45, 7) is 6.62. The Balaban J connectivity index is 2.07. The van der Waals surface area contributed by atoms with E-state index in [1.807, 2.05) is 4.72 Å². The molecule has 0 saturated carbocycles. The third-order valence-corrected chi connectivity index (χ3v) is 7.03. The minimum atomic E-state index is -5.03. The fourth-order valence-corrected chi connectivity index (χ4v) is 4.94. The van der Waals surface area contributed by atoms with Gasteiger partial charge in [-0.05, 0) is 51.3 Å². The highest BCUT2D eigenvalue weighted by molar-refractivity contribution is 7.90. The first-order valence-electron chi connectivity index (χ1n) is 11.5. The topological polar surface area (TPSA) is 131 Å². The lowest BCUT2D eigenvalue weighted by molar-refractivity contribution is -0.173. The van der Waals surface area contributed by atoms with Gasteiger partial charge in [0, 0.05) is 20.2 Å². The van der Waals surface area contributed by atoms with Gasteiger partial charge < -0.3 is 19.7 Å². The monoisotopic (exact) mass is 551 g/mol. The Labute approximate surface area is 213 Å². The van der Waals surface area contributed by atoms with Crippen molar-refractivity contribution in [3.8, 4) is 0 Å². The smallest absolute Gasteiger partial charge is 0.444 e. The molecule has 1 aliphatic heterocycles. The number of rotatable bonds is 8. The van der Waals surface area contributed by atoms with Crippen LogP contribution in [0.25, 0.3) is 0 Å². The molecule has 208 valence electrons. The molecule has 0 unspecified atom stereocenters. The average molecular weight is 552 g/mol. The summed E-state index contributed by atoms with van der Waals surface area (Å²) < 4.78 is 75.3. The summed E-state index contributed by atoms with van der Waals surface area (Å²) in [5.41, 5.74) is -0.497. The Bertz CT molecular complexity index is 1090. The van der Waals surface area contributed by atoms with Gasteiger partial charge in [-0.15, -0.1) is 0 Å². The number of amides is 3. The molecule has 1 fully saturated rings. The second kappa shape index (κ2) is 11.7. The number of carbonyl (C=O) groups is 3. The van der Waals surface area contributed by atoms with Crippen LogP contribution in [0, 0.1) is 5.92 Å². The zero-order valence-electron chi connectivity index (χ0n) is 21.2. The number of alkyl halides is 3. The molecule has 0 aromatic heterocycles. The van der Waals surface area contributed by atoms with Crippen molar-refractivity contribution in [2.24, 2.45) is 5.92 Å². The molecule has 1 aromatic rings. The minimum absolute atomic E-state index is 0.221. The van der Waals surface area contributed by atoms with E-state index >= 15 is 0 Å². The van der Waals surface area contributed by atoms with E-state index in [-0.39, 0.29) is 10.5 Å². The highest BCUT2D eigenvalue weighted by atomic mass is 32.2. The molecule has 10 nitrogen and oxygen atoms in total. The molecule has 14 heteroatoms. The molecule has 0 bridgehead atoms. The first kappa shape index (κ1) is 30.4. The van der Waals surface area contributed by atoms with Crippen molar-refractivity contribution in [2.45, 2.75) is 75.9 Å². The van der Waals surface area contributed by atoms with Crippen LogP contribution in [0.3, 0.4) is 0 Å². The van der Waals surface area contributed by atoms with Gasteiger partial charge in [0.1, 0.15) is 5.60 Å². The fraction of sp³-hybridized carbons (Fsp3) is 0.609. The first-order valence-corrected chi connectivity index (χ1v) is 13.0. The molecule has 0 radical (unpaired) electrons. The quantitative estimate of drug-likeness (QED) is 0.508. The van der Waals surface area contributed by atoms with Crippen LogP contribution in [0.1, 0.15) is 46.1 Å². The molecule has 37 heavy (non-hydrogen) atoms. The van der Waals surface area contributed by atoms with E-state index in [0.29, 0.717) is 19.4 Å². The SMILES string of the molecule is CO[C@H]([C@@H](C)C(=O)NS(=O)(=O)c1ccc(CNC(=O)C(F)(F)F)cc1)[C@@H]1CCCN1C(=O)OC(C)(C)C. The van der Waals surface area contributed by atoms with Crippen molar-refractivity contribution in [1.82, 2.24) is 14.9 Å². The summed E-state index contributed by atoms with van der Waals surface area (Å²) in [4.78, 5) is 37.6. The van der Waals surface area contributed by atoms with Crippen LogP contribution in [-0.4, -0.2) is 68.8 Å². The lowest BCUT2D eigenvalue weighted by Crippen LogP contribution is -2.51. The van der Waals surface area contributed by atoms with E-state index in [1.54, 1.807) is 26.1 Å². The molecule has 1 saturated heterocycles. The van der Waals surface area contributed by atoms with Gasteiger partial charge in [-0.1, -0.05) is 19.1 Å². The number of hydrogen-bond donors (Lipinski definition) is 2. The van der Waals surface area contributed by atoms with Gasteiger partial charge in [-0.2, -0.15) is 13.2 Å². The molecule has 2 rings (SSSR count). The Morgan fingerprint density at radius 3 is 2.24 bits per heavy atom. The van der Waals surface area contributed by atoms with Crippen molar-refractivity contribution in [3.63, 3.8) is 0 Å². The van der Waals surface area contributed by atoms with E-state index in [1.165, 1.54) is 31.1 Å². The predicted molar refractivity (Wildman–Crippen MR) is 126 cm³/mol. The first-order chi connectivity index (χ1) is 17.0. The molecular formula is C23H32F3N3O7S. The highest BCUT2D eigenvalue weighted by Gasteiger charge is 2.42. The molecule has 3 atom stereocenters. The maximum atomic E-state index is 12.9. The number of nitrogens with one attached hydrogen (secondary N) is 2. The number of likely N-dealkylation sites (tertiary alicyclic amines) is 1. The lowest BCUT2D eigenvalue weighted by atomic mass is 9.95. The zero-order valence-corrected chi connectivity index (χ0v) is 22.0. The summed E-state index contributed by atoms with van der Waals surface area (Å²) in [5, 5.41) is 1.68. The van der Waals surface area contributed by atoms with Crippen molar-refractivity contribution in [3.05, 3.63) is 29.8 Å². The van der Waals surface area contributed by atoms with Crippen LogP contribution in [-0.2, 0) is 35.6 Å². The lowest BCUT2D eigenvalue weighted by Gasteiger charge is -2.34. The van der Waals surface area contributed by atoms with Crippen LogP contribution in [0.5, 0.6) is 0 Å². The van der Waals surface area contributed by atoms with Crippen LogP contribution < -0.4 is 10.0 Å². The van der Waals surface area contributed by atoms with Crippen LogP contribution in [0.15, 0.2) is 29.2 Å². The average Bonchev–Trinajstić information content (AvgIpc) is 3.26. The number of halogens is 3. The normalized spacial score (nSPS) is 18.2. The number of sulfonamides is 1. The molecule has 0 spiro atoms. The van der Waals surface area contributed by atoms with Crippen molar-refractivity contribution >= 4 is 27.9 Å². The Morgan fingerprint density at radius 2 is 1.73 bits per heavy atom. The number of carbonyl (C=O) groups excluding carboxylic acids is 3. The number of ether oxygens (including phenoxy) is 2. The van der Waals surface area contributed by atoms with E-state index in [4.69, 9.17) is 9.47 Å². The van der Waals surface area contributed by atoms with Crippen LogP contribution in [0.4, 0.5) is 18.0 Å². The van der Waals surface area contributed by atoms with Crippen molar-refractivity contribution in [1.29, 1.82) is 0 Å². The van der Waals surface area contributed by atoms with Crippen LogP contribution >= 0.6 is 0 Å². The second-order valence-corrected chi connectivity index (χ2v) is 11.3. The van der Waals surface area contributed by atoms with E-state index < -0.39 is 64.3 Å². The largest absolute Gasteiger partial charge is 0.471 e.